The van der Waals surface area contributed by atoms with E-state index in [1.165, 1.54) is 0 Å². The van der Waals surface area contributed by atoms with E-state index in [9.17, 15) is 0 Å². The van der Waals surface area contributed by atoms with Crippen LogP contribution < -0.4 is 0 Å². The molecule has 0 aliphatic rings. The van der Waals surface area contributed by atoms with E-state index in [0.29, 0.717) is 0 Å². The molecule has 0 saturated heterocycles. The molecule has 0 bridgehead atoms. The van der Waals surface area contributed by atoms with Crippen molar-refractivity contribution in [3.8, 4) is 0 Å². The topological polar surface area (TPSA) is 295 Å². The van der Waals surface area contributed by atoms with Gasteiger partial charge in [-0.1, -0.05) is 0 Å². The molecule has 0 aliphatic heterocycles. The molecule has 0 aromatic heterocycles. The van der Waals surface area contributed by atoms with E-state index >= 15 is 0 Å². The monoisotopic (exact) mass is 280 g/mol. The van der Waals surface area contributed by atoms with Crippen LogP contribution in [0, 0.1) is 0 Å². The van der Waals surface area contributed by atoms with Crippen molar-refractivity contribution in [3.05, 3.63) is 0 Å². The molecular formula is H16FeO11S+2. The first-order valence-corrected chi connectivity index (χ1v) is 2.10. The fourth-order valence-corrected chi connectivity index (χ4v) is 0. The van der Waals surface area contributed by atoms with Gasteiger partial charge in [-0.3, -0.25) is 9.11 Å². The van der Waals surface area contributed by atoms with E-state index in [-0.39, 0.29) is 55.4 Å². The first-order valence-electron chi connectivity index (χ1n) is 0.698. The molecule has 0 aromatic rings. The minimum atomic E-state index is -4.67. The number of hydrogen-bond acceptors (Lipinski definition) is 2. The maximum atomic E-state index is 8.74. The molecule has 0 spiro atoms. The van der Waals surface area contributed by atoms with Crippen LogP contribution in [0.4, 0.5) is 0 Å². The second-order valence-corrected chi connectivity index (χ2v) is 1.34. The average Bonchev–Trinajstić information content (AvgIpc) is 0.722. The molecule has 94 valence electrons. The summed E-state index contributed by atoms with van der Waals surface area (Å²) in [5.41, 5.74) is 0. The SMILES string of the molecule is O.O.O.O.O.O.O.O=S(=O)(O)O.[Fe+2]. The molecule has 0 aliphatic carbocycles. The molecule has 0 fully saturated rings. The van der Waals surface area contributed by atoms with Gasteiger partial charge < -0.3 is 38.3 Å². The van der Waals surface area contributed by atoms with Gasteiger partial charge in [0.05, 0.1) is 0 Å². The Morgan fingerprint density at radius 2 is 0.615 bits per heavy atom. The molecule has 0 radical (unpaired) electrons. The smallest absolute Gasteiger partial charge is 0.412 e. The van der Waals surface area contributed by atoms with Gasteiger partial charge in [0.25, 0.3) is 0 Å². The summed E-state index contributed by atoms with van der Waals surface area (Å²) in [7, 11) is -4.67. The first-order chi connectivity index (χ1) is 2.00. The van der Waals surface area contributed by atoms with Gasteiger partial charge in [-0.05, 0) is 0 Å². The van der Waals surface area contributed by atoms with Crippen LogP contribution in [0.5, 0.6) is 0 Å². The Bertz CT molecular complexity index is 93.3. The molecular weight excluding hydrogens is 264 g/mol. The van der Waals surface area contributed by atoms with Crippen molar-refractivity contribution in [1.82, 2.24) is 0 Å². The van der Waals surface area contributed by atoms with Gasteiger partial charge in [0, 0.05) is 0 Å². The molecule has 0 aromatic carbocycles. The Hall–Kier alpha value is 0.109. The predicted octanol–water partition coefficient (Wildman–Crippen LogP) is -6.43. The quantitative estimate of drug-likeness (QED) is 0.322. The van der Waals surface area contributed by atoms with Crippen LogP contribution in [0.25, 0.3) is 0 Å². The number of rotatable bonds is 0. The third-order valence-corrected chi connectivity index (χ3v) is 0. The minimum Gasteiger partial charge on any atom is -0.412 e. The summed E-state index contributed by atoms with van der Waals surface area (Å²) < 4.78 is 31.6. The molecule has 0 amide bonds. The van der Waals surface area contributed by atoms with E-state index in [4.69, 9.17) is 17.5 Å². The van der Waals surface area contributed by atoms with Gasteiger partial charge in [-0.25, -0.2) is 0 Å². The van der Waals surface area contributed by atoms with Crippen molar-refractivity contribution < 1.29 is 72.9 Å². The zero-order chi connectivity index (χ0) is 4.50. The van der Waals surface area contributed by atoms with E-state index in [1.807, 2.05) is 0 Å². The Kier molecular flexibility index (Phi) is 351. The van der Waals surface area contributed by atoms with Crippen molar-refractivity contribution >= 4 is 10.4 Å². The summed E-state index contributed by atoms with van der Waals surface area (Å²) in [6.07, 6.45) is 0. The van der Waals surface area contributed by atoms with E-state index in [1.54, 1.807) is 0 Å². The van der Waals surface area contributed by atoms with Crippen LogP contribution in [0.3, 0.4) is 0 Å². The van der Waals surface area contributed by atoms with Crippen molar-refractivity contribution in [2.45, 2.75) is 0 Å². The molecule has 16 N–H and O–H groups in total. The van der Waals surface area contributed by atoms with E-state index in [2.05, 4.69) is 0 Å². The summed E-state index contributed by atoms with van der Waals surface area (Å²) in [6.45, 7) is 0. The summed E-state index contributed by atoms with van der Waals surface area (Å²) in [6, 6.07) is 0. The second kappa shape index (κ2) is 40.0. The maximum Gasteiger partial charge on any atom is 2.00 e. The molecule has 0 saturated carbocycles. The van der Waals surface area contributed by atoms with Crippen LogP contribution in [0.1, 0.15) is 0 Å². The summed E-state index contributed by atoms with van der Waals surface area (Å²) >= 11 is 0. The Morgan fingerprint density at radius 1 is 0.615 bits per heavy atom. The summed E-state index contributed by atoms with van der Waals surface area (Å²) in [4.78, 5) is 0. The molecule has 0 heterocycles. The average molecular weight is 280 g/mol. The Labute approximate surface area is 84.0 Å². The van der Waals surface area contributed by atoms with Crippen LogP contribution in [-0.4, -0.2) is 55.9 Å². The van der Waals surface area contributed by atoms with Crippen LogP contribution >= 0.6 is 0 Å². The fourth-order valence-electron chi connectivity index (χ4n) is 0. The van der Waals surface area contributed by atoms with E-state index in [0.717, 1.165) is 0 Å². The van der Waals surface area contributed by atoms with Gasteiger partial charge >= 0.3 is 27.5 Å². The normalized spacial score (nSPS) is 4.46. The van der Waals surface area contributed by atoms with Gasteiger partial charge in [-0.15, -0.1) is 0 Å². The molecule has 0 atom stereocenters. The second-order valence-electron chi connectivity index (χ2n) is 0.448. The third kappa shape index (κ3) is 103000. The molecule has 13 heteroatoms. The zero-order valence-electron chi connectivity index (χ0n) is 5.97. The number of hydrogen-bond donors (Lipinski definition) is 2. The predicted molar refractivity (Wildman–Crippen MR) is 39.5 cm³/mol. The van der Waals surface area contributed by atoms with Crippen molar-refractivity contribution in [1.29, 1.82) is 0 Å². The Morgan fingerprint density at radius 3 is 0.615 bits per heavy atom. The standard InChI is InChI=1S/Fe.H2O4S.7H2O/c;1-5(2,3)4;;;;;;;/h;(H2,1,2,3,4);7*1H2/q+2;;;;;;;;. The first kappa shape index (κ1) is 114. The van der Waals surface area contributed by atoms with E-state index < -0.39 is 10.4 Å². The van der Waals surface area contributed by atoms with Crippen LogP contribution in [0.2, 0.25) is 0 Å². The van der Waals surface area contributed by atoms with Crippen molar-refractivity contribution in [3.63, 3.8) is 0 Å². The molecule has 0 unspecified atom stereocenters. The van der Waals surface area contributed by atoms with Crippen molar-refractivity contribution in [2.24, 2.45) is 0 Å². The van der Waals surface area contributed by atoms with Gasteiger partial charge in [0.2, 0.25) is 0 Å². The van der Waals surface area contributed by atoms with Crippen molar-refractivity contribution in [2.75, 3.05) is 0 Å². The zero-order valence-corrected chi connectivity index (χ0v) is 7.89. The van der Waals surface area contributed by atoms with Gasteiger partial charge in [-0.2, -0.15) is 8.42 Å². The van der Waals surface area contributed by atoms with Crippen LogP contribution in [-0.2, 0) is 27.5 Å². The summed E-state index contributed by atoms with van der Waals surface area (Å²) in [5.74, 6) is 0. The van der Waals surface area contributed by atoms with Crippen LogP contribution in [0.15, 0.2) is 0 Å². The van der Waals surface area contributed by atoms with Gasteiger partial charge in [0.15, 0.2) is 0 Å². The summed E-state index contributed by atoms with van der Waals surface area (Å²) in [5, 5.41) is 0. The maximum absolute atomic E-state index is 8.74. The minimum absolute atomic E-state index is 0. The third-order valence-electron chi connectivity index (χ3n) is 0. The largest absolute Gasteiger partial charge is 2.00 e. The Balaban J connectivity index is -0.00000000286. The fraction of sp³-hybridized carbons (Fsp3) is 0. The molecule has 13 heavy (non-hydrogen) atoms. The molecule has 11 nitrogen and oxygen atoms in total. The molecule has 0 rings (SSSR count). The van der Waals surface area contributed by atoms with Gasteiger partial charge in [0.1, 0.15) is 0 Å².